The number of methoxy groups -OCH3 is 1. The molecule has 0 aliphatic rings. The summed E-state index contributed by atoms with van der Waals surface area (Å²) in [5, 5.41) is 15.5. The highest BCUT2D eigenvalue weighted by Gasteiger charge is 2.26. The Hall–Kier alpha value is -2.35. The van der Waals surface area contributed by atoms with Crippen molar-refractivity contribution in [3.8, 4) is 0 Å². The Morgan fingerprint density at radius 1 is 1.15 bits per heavy atom. The predicted octanol–water partition coefficient (Wildman–Crippen LogP) is 1.83. The Morgan fingerprint density at radius 3 is 2.30 bits per heavy atom. The highest BCUT2D eigenvalue weighted by molar-refractivity contribution is 5.88. The molecule has 0 unspecified atom stereocenters. The highest BCUT2D eigenvalue weighted by Crippen LogP contribution is 2.11. The van der Waals surface area contributed by atoms with Crippen LogP contribution in [0.2, 0.25) is 0 Å². The third kappa shape index (κ3) is 12.6. The number of aliphatic hydroxyl groups is 1. The number of ether oxygens (including phenoxy) is 2. The average molecular weight is 384 g/mol. The van der Waals surface area contributed by atoms with Crippen molar-refractivity contribution < 1.29 is 29.0 Å². The van der Waals surface area contributed by atoms with Gasteiger partial charge in [-0.25, -0.2) is 4.79 Å². The Bertz CT molecular complexity index is 551. The predicted molar refractivity (Wildman–Crippen MR) is 102 cm³/mol. The molecule has 0 aliphatic carbocycles. The number of nitrogens with one attached hydrogen (secondary N) is 2. The van der Waals surface area contributed by atoms with Crippen molar-refractivity contribution >= 4 is 18.0 Å². The van der Waals surface area contributed by atoms with E-state index in [4.69, 9.17) is 4.74 Å². The normalized spacial score (nSPS) is 15.2. The van der Waals surface area contributed by atoms with E-state index < -0.39 is 35.9 Å². The number of aliphatic hydroxyl groups excluding tert-OH is 1. The summed E-state index contributed by atoms with van der Waals surface area (Å²) in [6, 6.07) is -1.30. The van der Waals surface area contributed by atoms with Crippen LogP contribution in [0, 0.1) is 0 Å². The van der Waals surface area contributed by atoms with Crippen LogP contribution in [0.3, 0.4) is 0 Å². The van der Waals surface area contributed by atoms with E-state index in [0.29, 0.717) is 0 Å². The van der Waals surface area contributed by atoms with E-state index in [1.54, 1.807) is 45.9 Å². The van der Waals surface area contributed by atoms with Crippen LogP contribution in [0.4, 0.5) is 4.79 Å². The summed E-state index contributed by atoms with van der Waals surface area (Å²) >= 11 is 0. The van der Waals surface area contributed by atoms with E-state index in [1.807, 2.05) is 6.92 Å². The lowest BCUT2D eigenvalue weighted by Crippen LogP contribution is -2.46. The molecule has 0 heterocycles. The molecule has 0 saturated heterocycles. The van der Waals surface area contributed by atoms with Gasteiger partial charge in [-0.1, -0.05) is 18.2 Å². The highest BCUT2D eigenvalue weighted by atomic mass is 16.6. The van der Waals surface area contributed by atoms with Gasteiger partial charge in [0.2, 0.25) is 5.91 Å². The summed E-state index contributed by atoms with van der Waals surface area (Å²) in [5.74, 6) is -0.890. The van der Waals surface area contributed by atoms with Gasteiger partial charge in [-0.15, -0.1) is 0 Å². The molecule has 154 valence electrons. The van der Waals surface area contributed by atoms with Crippen molar-refractivity contribution in [2.45, 2.75) is 71.2 Å². The van der Waals surface area contributed by atoms with Crippen molar-refractivity contribution in [2.75, 3.05) is 7.11 Å². The van der Waals surface area contributed by atoms with Gasteiger partial charge in [0.1, 0.15) is 5.60 Å². The zero-order chi connectivity index (χ0) is 21.0. The molecule has 0 spiro atoms. The molecule has 0 aromatic carbocycles. The molecule has 2 amide bonds. The topological polar surface area (TPSA) is 114 Å². The monoisotopic (exact) mass is 384 g/mol. The Labute approximate surface area is 161 Å². The number of alkyl carbamates (subject to hydrolysis) is 1. The second-order valence-corrected chi connectivity index (χ2v) is 7.11. The zero-order valence-corrected chi connectivity index (χ0v) is 16.9. The molecule has 0 aliphatic heterocycles. The molecule has 0 bridgehead atoms. The second-order valence-electron chi connectivity index (χ2n) is 7.11. The maximum absolute atomic E-state index is 12.0. The van der Waals surface area contributed by atoms with Gasteiger partial charge in [0.15, 0.2) is 0 Å². The summed E-state index contributed by atoms with van der Waals surface area (Å²) in [7, 11) is 1.24. The summed E-state index contributed by atoms with van der Waals surface area (Å²) in [6.45, 7) is 8.61. The molecule has 0 aromatic rings. The number of rotatable bonds is 9. The van der Waals surface area contributed by atoms with Crippen LogP contribution in [0.1, 0.15) is 47.5 Å². The summed E-state index contributed by atoms with van der Waals surface area (Å²) in [5.41, 5.74) is -0.695. The van der Waals surface area contributed by atoms with E-state index in [2.05, 4.69) is 15.4 Å². The van der Waals surface area contributed by atoms with Crippen LogP contribution < -0.4 is 10.6 Å². The minimum atomic E-state index is -0.992. The van der Waals surface area contributed by atoms with E-state index >= 15 is 0 Å². The third-order valence-corrected chi connectivity index (χ3v) is 3.39. The quantitative estimate of drug-likeness (QED) is 0.317. The molecular weight excluding hydrogens is 352 g/mol. The van der Waals surface area contributed by atoms with Gasteiger partial charge >= 0.3 is 12.1 Å². The van der Waals surface area contributed by atoms with Crippen LogP contribution in [0.5, 0.6) is 0 Å². The van der Waals surface area contributed by atoms with Crippen LogP contribution in [0.25, 0.3) is 0 Å². The number of allylic oxidation sites excluding steroid dienone is 3. The fourth-order valence-corrected chi connectivity index (χ4v) is 2.07. The summed E-state index contributed by atoms with van der Waals surface area (Å²) in [4.78, 5) is 35.3. The molecule has 0 saturated carbocycles. The molecule has 0 aromatic heterocycles. The Morgan fingerprint density at radius 2 is 1.78 bits per heavy atom. The van der Waals surface area contributed by atoms with Crippen molar-refractivity contribution in [1.29, 1.82) is 0 Å². The van der Waals surface area contributed by atoms with Crippen molar-refractivity contribution in [1.82, 2.24) is 10.6 Å². The maximum atomic E-state index is 12.0. The molecule has 0 radical (unpaired) electrons. The minimum absolute atomic E-state index is 0.0361. The molecule has 8 nitrogen and oxygen atoms in total. The molecule has 3 N–H and O–H groups in total. The third-order valence-electron chi connectivity index (χ3n) is 3.39. The van der Waals surface area contributed by atoms with Gasteiger partial charge in [0, 0.05) is 12.1 Å². The number of carbonyl (C=O) groups is 3. The summed E-state index contributed by atoms with van der Waals surface area (Å²) < 4.78 is 9.80. The van der Waals surface area contributed by atoms with Crippen molar-refractivity contribution in [2.24, 2.45) is 0 Å². The van der Waals surface area contributed by atoms with Gasteiger partial charge in [-0.2, -0.15) is 0 Å². The van der Waals surface area contributed by atoms with Crippen LogP contribution in [-0.2, 0) is 19.1 Å². The van der Waals surface area contributed by atoms with E-state index in [0.717, 1.165) is 0 Å². The molecule has 8 heteroatoms. The second kappa shape index (κ2) is 12.1. The molecule has 27 heavy (non-hydrogen) atoms. The van der Waals surface area contributed by atoms with Crippen molar-refractivity contribution in [3.05, 3.63) is 24.3 Å². The number of hydrogen-bond donors (Lipinski definition) is 3. The zero-order valence-electron chi connectivity index (χ0n) is 16.9. The van der Waals surface area contributed by atoms with E-state index in [1.165, 1.54) is 13.2 Å². The van der Waals surface area contributed by atoms with Gasteiger partial charge < -0.3 is 25.2 Å². The maximum Gasteiger partial charge on any atom is 0.407 e. The smallest absolute Gasteiger partial charge is 0.407 e. The van der Waals surface area contributed by atoms with Gasteiger partial charge in [0.05, 0.1) is 25.7 Å². The summed E-state index contributed by atoms with van der Waals surface area (Å²) in [6.07, 6.45) is 4.62. The Kier molecular flexibility index (Phi) is 11.1. The fraction of sp³-hybridized carbons (Fsp3) is 0.632. The Balaban J connectivity index is 4.85. The standard InChI is InChI=1S/C19H32N2O6/c1-7-8-9-10-16(23)20-13(2)15(22)11-14(12-17(24)26-6)21-18(25)27-19(3,4)5/h7-10,13-15,22H,11-12H2,1-6H3,(H,20,23)(H,21,25)/b8-7+,10-9+/t13-,14-,15-/m1/s1. The van der Waals surface area contributed by atoms with Crippen LogP contribution in [-0.4, -0.2) is 54.0 Å². The molecular formula is C19H32N2O6. The first kappa shape index (κ1) is 24.7. The first-order valence-corrected chi connectivity index (χ1v) is 8.82. The SMILES string of the molecule is C/C=C/C=C/C(=O)N[C@H](C)[C@H](O)C[C@H](CC(=O)OC)NC(=O)OC(C)(C)C. The minimum Gasteiger partial charge on any atom is -0.469 e. The van der Waals surface area contributed by atoms with Crippen LogP contribution in [0.15, 0.2) is 24.3 Å². The van der Waals surface area contributed by atoms with E-state index in [-0.39, 0.29) is 18.7 Å². The number of amides is 2. The van der Waals surface area contributed by atoms with Gasteiger partial charge in [0.25, 0.3) is 0 Å². The molecule has 0 rings (SSSR count). The van der Waals surface area contributed by atoms with Crippen LogP contribution >= 0.6 is 0 Å². The first-order valence-electron chi connectivity index (χ1n) is 8.82. The number of carbonyl (C=O) groups excluding carboxylic acids is 3. The number of hydrogen-bond acceptors (Lipinski definition) is 6. The molecule has 0 fully saturated rings. The average Bonchev–Trinajstić information content (AvgIpc) is 2.52. The molecule has 3 atom stereocenters. The van der Waals surface area contributed by atoms with Gasteiger partial charge in [-0.3, -0.25) is 9.59 Å². The van der Waals surface area contributed by atoms with Crippen molar-refractivity contribution in [3.63, 3.8) is 0 Å². The lowest BCUT2D eigenvalue weighted by Gasteiger charge is -2.26. The van der Waals surface area contributed by atoms with Gasteiger partial charge in [-0.05, 0) is 41.0 Å². The lowest BCUT2D eigenvalue weighted by molar-refractivity contribution is -0.141. The first-order chi connectivity index (χ1) is 12.5. The lowest BCUT2D eigenvalue weighted by atomic mass is 10.0. The number of esters is 1. The largest absolute Gasteiger partial charge is 0.469 e. The van der Waals surface area contributed by atoms with E-state index in [9.17, 15) is 19.5 Å². The fourth-order valence-electron chi connectivity index (χ4n) is 2.07.